The van der Waals surface area contributed by atoms with Crippen molar-refractivity contribution >= 4 is 10.9 Å². The first kappa shape index (κ1) is 22.2. The van der Waals surface area contributed by atoms with Crippen LogP contribution in [0.15, 0.2) is 110 Å². The van der Waals surface area contributed by atoms with E-state index in [0.717, 1.165) is 32.5 Å². The molecule has 0 spiro atoms. The highest BCUT2D eigenvalue weighted by Gasteiger charge is 2.40. The summed E-state index contributed by atoms with van der Waals surface area (Å²) in [5, 5.41) is 1.25. The van der Waals surface area contributed by atoms with Gasteiger partial charge in [0.05, 0.1) is 18.5 Å². The number of nitrogens with one attached hydrogen (secondary N) is 1. The number of benzene rings is 3. The molecule has 0 saturated heterocycles. The summed E-state index contributed by atoms with van der Waals surface area (Å²) < 4.78 is 2.19. The van der Waals surface area contributed by atoms with Crippen LogP contribution < -0.4 is 0 Å². The largest absolute Gasteiger partial charge is 0.361 e. The Morgan fingerprint density at radius 2 is 1.65 bits per heavy atom. The fourth-order valence-corrected chi connectivity index (χ4v) is 5.08. The van der Waals surface area contributed by atoms with Crippen LogP contribution >= 0.6 is 0 Å². The molecular formula is C30H32N4. The lowest BCUT2D eigenvalue weighted by Gasteiger charge is -2.45. The Bertz CT molecular complexity index is 1250. The SMILES string of the molecule is CCCCN(Cn1ccnc1)C(Cc1ccc2[nH]ccc2c1)(c1ccccc1)c1ccccc1. The van der Waals surface area contributed by atoms with E-state index in [9.17, 15) is 0 Å². The second kappa shape index (κ2) is 10.1. The van der Waals surface area contributed by atoms with Gasteiger partial charge in [0.1, 0.15) is 0 Å². The zero-order chi connectivity index (χ0) is 23.2. The van der Waals surface area contributed by atoms with Gasteiger partial charge in [-0.15, -0.1) is 0 Å². The van der Waals surface area contributed by atoms with Crippen LogP contribution in [-0.2, 0) is 18.6 Å². The average molecular weight is 449 g/mol. The maximum absolute atomic E-state index is 4.33. The summed E-state index contributed by atoms with van der Waals surface area (Å²) in [6, 6.07) is 31.0. The Kier molecular flexibility index (Phi) is 6.59. The molecule has 0 bridgehead atoms. The molecule has 0 fully saturated rings. The number of hydrogen-bond acceptors (Lipinski definition) is 2. The predicted octanol–water partition coefficient (Wildman–Crippen LogP) is 6.61. The van der Waals surface area contributed by atoms with E-state index in [2.05, 4.69) is 117 Å². The third kappa shape index (κ3) is 4.42. The summed E-state index contributed by atoms with van der Waals surface area (Å²) in [6.45, 7) is 4.03. The molecule has 0 radical (unpaired) electrons. The van der Waals surface area contributed by atoms with Gasteiger partial charge < -0.3 is 9.55 Å². The van der Waals surface area contributed by atoms with E-state index in [4.69, 9.17) is 0 Å². The summed E-state index contributed by atoms with van der Waals surface area (Å²) in [7, 11) is 0. The molecule has 5 rings (SSSR count). The van der Waals surface area contributed by atoms with Gasteiger partial charge in [0.25, 0.3) is 0 Å². The molecule has 1 N–H and O–H groups in total. The van der Waals surface area contributed by atoms with E-state index in [0.29, 0.717) is 0 Å². The molecule has 0 amide bonds. The molecule has 4 heteroatoms. The van der Waals surface area contributed by atoms with Crippen molar-refractivity contribution < 1.29 is 0 Å². The van der Waals surface area contributed by atoms with Gasteiger partial charge in [-0.3, -0.25) is 4.90 Å². The van der Waals surface area contributed by atoms with Crippen LogP contribution in [0.5, 0.6) is 0 Å². The summed E-state index contributed by atoms with van der Waals surface area (Å²) >= 11 is 0. The first-order valence-corrected chi connectivity index (χ1v) is 12.2. The van der Waals surface area contributed by atoms with Gasteiger partial charge in [-0.1, -0.05) is 80.1 Å². The Labute approximate surface area is 201 Å². The van der Waals surface area contributed by atoms with Crippen molar-refractivity contribution in [3.8, 4) is 0 Å². The molecule has 2 aromatic heterocycles. The van der Waals surface area contributed by atoms with Crippen molar-refractivity contribution in [1.82, 2.24) is 19.4 Å². The molecule has 0 aliphatic carbocycles. The van der Waals surface area contributed by atoms with E-state index in [-0.39, 0.29) is 5.54 Å². The second-order valence-electron chi connectivity index (χ2n) is 9.00. The number of aromatic amines is 1. The minimum atomic E-state index is -0.327. The highest BCUT2D eigenvalue weighted by atomic mass is 15.3. The second-order valence-corrected chi connectivity index (χ2v) is 9.00. The van der Waals surface area contributed by atoms with Gasteiger partial charge in [-0.2, -0.15) is 0 Å². The van der Waals surface area contributed by atoms with Crippen molar-refractivity contribution in [1.29, 1.82) is 0 Å². The van der Waals surface area contributed by atoms with E-state index >= 15 is 0 Å². The Morgan fingerprint density at radius 1 is 0.912 bits per heavy atom. The summed E-state index contributed by atoms with van der Waals surface area (Å²) in [5.41, 5.74) is 4.80. The van der Waals surface area contributed by atoms with Crippen LogP contribution in [0.4, 0.5) is 0 Å². The number of hydrogen-bond donors (Lipinski definition) is 1. The fourth-order valence-electron chi connectivity index (χ4n) is 5.08. The van der Waals surface area contributed by atoms with Crippen LogP contribution in [0.2, 0.25) is 0 Å². The molecule has 3 aromatic carbocycles. The number of nitrogens with zero attached hydrogens (tertiary/aromatic N) is 3. The maximum atomic E-state index is 4.33. The van der Waals surface area contributed by atoms with Gasteiger partial charge in [0.2, 0.25) is 0 Å². The number of rotatable bonds is 10. The monoisotopic (exact) mass is 448 g/mol. The highest BCUT2D eigenvalue weighted by molar-refractivity contribution is 5.80. The number of aromatic nitrogens is 3. The molecule has 0 atom stereocenters. The highest BCUT2D eigenvalue weighted by Crippen LogP contribution is 2.40. The summed E-state index contributed by atoms with van der Waals surface area (Å²) in [6.07, 6.45) is 11.0. The third-order valence-corrected chi connectivity index (χ3v) is 6.79. The Hall–Kier alpha value is -3.63. The fraction of sp³-hybridized carbons (Fsp3) is 0.233. The first-order valence-electron chi connectivity index (χ1n) is 12.2. The Balaban J connectivity index is 1.71. The van der Waals surface area contributed by atoms with Crippen LogP contribution in [-0.4, -0.2) is 26.0 Å². The van der Waals surface area contributed by atoms with E-state index in [1.165, 1.54) is 27.6 Å². The number of imidazole rings is 1. The average Bonchev–Trinajstić information content (AvgIpc) is 3.58. The zero-order valence-corrected chi connectivity index (χ0v) is 19.8. The minimum Gasteiger partial charge on any atom is -0.361 e. The summed E-state index contributed by atoms with van der Waals surface area (Å²) in [4.78, 5) is 10.3. The molecule has 172 valence electrons. The molecule has 0 saturated carbocycles. The first-order chi connectivity index (χ1) is 16.8. The standard InChI is InChI=1S/C30H32N4/c1-2-3-19-34(24-33-20-18-31-23-33)30(27-10-6-4-7-11-27,28-12-8-5-9-13-28)22-25-14-15-29-26(21-25)16-17-32-29/h4-18,20-21,23,32H,2-3,19,22,24H2,1H3. The quantitative estimate of drug-likeness (QED) is 0.261. The summed E-state index contributed by atoms with van der Waals surface area (Å²) in [5.74, 6) is 0. The molecule has 0 aliphatic rings. The molecule has 0 unspecified atom stereocenters. The van der Waals surface area contributed by atoms with Crippen LogP contribution in [0.1, 0.15) is 36.5 Å². The molecule has 4 nitrogen and oxygen atoms in total. The van der Waals surface area contributed by atoms with Gasteiger partial charge in [0, 0.05) is 30.7 Å². The van der Waals surface area contributed by atoms with Crippen molar-refractivity contribution in [2.24, 2.45) is 0 Å². The van der Waals surface area contributed by atoms with Crippen LogP contribution in [0.3, 0.4) is 0 Å². The number of unbranched alkanes of at least 4 members (excludes halogenated alkanes) is 1. The lowest BCUT2D eigenvalue weighted by atomic mass is 9.76. The van der Waals surface area contributed by atoms with Crippen molar-refractivity contribution in [3.05, 3.63) is 127 Å². The van der Waals surface area contributed by atoms with E-state index in [1.807, 2.05) is 18.7 Å². The molecule has 34 heavy (non-hydrogen) atoms. The molecule has 2 heterocycles. The van der Waals surface area contributed by atoms with Crippen LogP contribution in [0.25, 0.3) is 10.9 Å². The van der Waals surface area contributed by atoms with Crippen molar-refractivity contribution in [2.75, 3.05) is 6.54 Å². The predicted molar refractivity (Wildman–Crippen MR) is 140 cm³/mol. The van der Waals surface area contributed by atoms with Crippen molar-refractivity contribution in [2.45, 2.75) is 38.4 Å². The topological polar surface area (TPSA) is 36.9 Å². The van der Waals surface area contributed by atoms with E-state index in [1.54, 1.807) is 0 Å². The van der Waals surface area contributed by atoms with Gasteiger partial charge in [0.15, 0.2) is 0 Å². The van der Waals surface area contributed by atoms with Crippen molar-refractivity contribution in [3.63, 3.8) is 0 Å². The molecular weight excluding hydrogens is 416 g/mol. The third-order valence-electron chi connectivity index (χ3n) is 6.79. The number of H-pyrrole nitrogens is 1. The molecule has 5 aromatic rings. The maximum Gasteiger partial charge on any atom is 0.0956 e. The van der Waals surface area contributed by atoms with Crippen LogP contribution in [0, 0.1) is 0 Å². The number of fused-ring (bicyclic) bond motifs is 1. The lowest BCUT2D eigenvalue weighted by molar-refractivity contribution is 0.0814. The molecule has 0 aliphatic heterocycles. The van der Waals surface area contributed by atoms with Gasteiger partial charge >= 0.3 is 0 Å². The zero-order valence-electron chi connectivity index (χ0n) is 19.8. The lowest BCUT2D eigenvalue weighted by Crippen LogP contribution is -2.49. The van der Waals surface area contributed by atoms with E-state index < -0.39 is 0 Å². The Morgan fingerprint density at radius 3 is 2.29 bits per heavy atom. The smallest absolute Gasteiger partial charge is 0.0956 e. The van der Waals surface area contributed by atoms with Gasteiger partial charge in [-0.25, -0.2) is 4.98 Å². The minimum absolute atomic E-state index is 0.327. The van der Waals surface area contributed by atoms with Gasteiger partial charge in [-0.05, 0) is 53.1 Å². The normalized spacial score (nSPS) is 11.9.